The zero-order valence-corrected chi connectivity index (χ0v) is 23.0. The highest BCUT2D eigenvalue weighted by Gasteiger charge is 2.66. The number of benzene rings is 2. The molecule has 0 bridgehead atoms. The number of carbonyl (C=O) groups excluding carboxylic acids is 2. The van der Waals surface area contributed by atoms with Crippen molar-refractivity contribution in [3.8, 4) is 5.75 Å². The lowest BCUT2D eigenvalue weighted by molar-refractivity contribution is -0.150. The van der Waals surface area contributed by atoms with E-state index in [1.165, 1.54) is 0 Å². The van der Waals surface area contributed by atoms with Crippen LogP contribution in [0.3, 0.4) is 0 Å². The van der Waals surface area contributed by atoms with E-state index in [0.717, 1.165) is 11.1 Å². The zero-order valence-electron chi connectivity index (χ0n) is 22.0. The molecule has 0 saturated carbocycles. The Bertz CT molecular complexity index is 1230. The van der Waals surface area contributed by atoms with Crippen molar-refractivity contribution in [1.29, 1.82) is 0 Å². The number of hydrogen-bond donors (Lipinski definition) is 1. The molecular formula is C28H35FN2O5Si. The fourth-order valence-electron chi connectivity index (χ4n) is 6.79. The van der Waals surface area contributed by atoms with E-state index in [-0.39, 0.29) is 30.9 Å². The molecule has 0 aliphatic carbocycles. The second-order valence-corrected chi connectivity index (χ2v) is 14.8. The number of aliphatic hydroxyl groups excluding tert-OH is 1. The molecule has 3 aliphatic heterocycles. The number of ether oxygens (including phenoxy) is 2. The van der Waals surface area contributed by atoms with Crippen LogP contribution in [0.15, 0.2) is 42.5 Å². The van der Waals surface area contributed by atoms with Gasteiger partial charge in [-0.3, -0.25) is 9.59 Å². The van der Waals surface area contributed by atoms with Crippen LogP contribution in [0.25, 0.3) is 0 Å². The number of aliphatic hydroxyl groups is 1. The number of methoxy groups -OCH3 is 1. The van der Waals surface area contributed by atoms with Crippen molar-refractivity contribution in [2.75, 3.05) is 25.7 Å². The molecule has 0 aromatic heterocycles. The Morgan fingerprint density at radius 2 is 1.95 bits per heavy atom. The minimum Gasteiger partial charge on any atom is -0.497 e. The van der Waals surface area contributed by atoms with Crippen LogP contribution in [0.2, 0.25) is 18.6 Å². The highest BCUT2D eigenvalue weighted by atomic mass is 28.4. The van der Waals surface area contributed by atoms with Gasteiger partial charge in [0.25, 0.3) is 5.91 Å². The van der Waals surface area contributed by atoms with Gasteiger partial charge in [-0.25, -0.2) is 0 Å². The highest BCUT2D eigenvalue weighted by molar-refractivity contribution is 6.72. The molecule has 5 rings (SSSR count). The van der Waals surface area contributed by atoms with Gasteiger partial charge in [-0.1, -0.05) is 31.2 Å². The summed E-state index contributed by atoms with van der Waals surface area (Å²) in [5.74, 6) is -0.337. The first kappa shape index (κ1) is 25.9. The molecule has 3 aliphatic rings. The summed E-state index contributed by atoms with van der Waals surface area (Å²) >= 11 is 0. The maximum absolute atomic E-state index is 16.0. The summed E-state index contributed by atoms with van der Waals surface area (Å²) in [5.41, 5.74) is 1.57. The van der Waals surface area contributed by atoms with Crippen LogP contribution in [0, 0.1) is 5.92 Å². The molecule has 3 heterocycles. The molecule has 2 aromatic carbocycles. The molecule has 1 saturated heterocycles. The van der Waals surface area contributed by atoms with Crippen LogP contribution >= 0.6 is 0 Å². The van der Waals surface area contributed by atoms with Gasteiger partial charge >= 0.3 is 0 Å². The van der Waals surface area contributed by atoms with Crippen LogP contribution in [0.1, 0.15) is 30.0 Å². The van der Waals surface area contributed by atoms with Gasteiger partial charge < -0.3 is 28.5 Å². The lowest BCUT2D eigenvalue weighted by atomic mass is 9.82. The zero-order chi connectivity index (χ0) is 26.7. The summed E-state index contributed by atoms with van der Waals surface area (Å²) in [4.78, 5) is 30.7. The first-order valence-electron chi connectivity index (χ1n) is 12.8. The van der Waals surface area contributed by atoms with E-state index in [1.807, 2.05) is 37.3 Å². The quantitative estimate of drug-likeness (QED) is 0.474. The number of fused-ring (bicyclic) bond motifs is 3. The lowest BCUT2D eigenvalue weighted by Crippen LogP contribution is -2.48. The minimum atomic E-state index is -3.39. The summed E-state index contributed by atoms with van der Waals surface area (Å²) in [6.45, 7) is 5.34. The number of likely N-dealkylation sites (N-methyl/N-ethyl adjacent to an activating group) is 1. The Hall–Kier alpha value is -2.75. The maximum Gasteiger partial charge on any atom is 0.264 e. The van der Waals surface area contributed by atoms with E-state index >= 15 is 4.11 Å². The molecular weight excluding hydrogens is 491 g/mol. The Morgan fingerprint density at radius 3 is 2.59 bits per heavy atom. The summed E-state index contributed by atoms with van der Waals surface area (Å²) < 4.78 is 28.0. The highest BCUT2D eigenvalue weighted by Crippen LogP contribution is 2.60. The number of halogens is 1. The molecule has 0 radical (unpaired) electrons. The van der Waals surface area contributed by atoms with E-state index < -0.39 is 31.6 Å². The van der Waals surface area contributed by atoms with Crippen molar-refractivity contribution in [1.82, 2.24) is 4.90 Å². The van der Waals surface area contributed by atoms with E-state index in [9.17, 15) is 14.7 Å². The molecule has 1 N–H and O–H groups in total. The Morgan fingerprint density at radius 1 is 1.24 bits per heavy atom. The van der Waals surface area contributed by atoms with Crippen molar-refractivity contribution < 1.29 is 28.3 Å². The van der Waals surface area contributed by atoms with Crippen molar-refractivity contribution >= 4 is 25.9 Å². The first-order chi connectivity index (χ1) is 17.5. The van der Waals surface area contributed by atoms with Gasteiger partial charge in [0, 0.05) is 30.6 Å². The second-order valence-electron chi connectivity index (χ2n) is 11.1. The fraction of sp³-hybridized carbons (Fsp3) is 0.500. The van der Waals surface area contributed by atoms with Crippen LogP contribution in [-0.2, 0) is 32.9 Å². The topological polar surface area (TPSA) is 79.3 Å². The van der Waals surface area contributed by atoms with Gasteiger partial charge in [0.2, 0.25) is 14.3 Å². The van der Waals surface area contributed by atoms with Gasteiger partial charge in [0.05, 0.1) is 38.0 Å². The summed E-state index contributed by atoms with van der Waals surface area (Å²) in [5, 5.41) is 10.1. The van der Waals surface area contributed by atoms with E-state index in [1.54, 1.807) is 49.2 Å². The van der Waals surface area contributed by atoms with Gasteiger partial charge in [0.15, 0.2) is 5.60 Å². The third-order valence-electron chi connectivity index (χ3n) is 8.56. The Labute approximate surface area is 218 Å². The van der Waals surface area contributed by atoms with Crippen LogP contribution in [0.5, 0.6) is 5.75 Å². The number of amides is 2. The van der Waals surface area contributed by atoms with Gasteiger partial charge in [-0.2, -0.15) is 0 Å². The van der Waals surface area contributed by atoms with Crippen molar-refractivity contribution in [2.24, 2.45) is 5.92 Å². The lowest BCUT2D eigenvalue weighted by Gasteiger charge is -2.37. The van der Waals surface area contributed by atoms with Crippen molar-refractivity contribution in [3.63, 3.8) is 0 Å². The van der Waals surface area contributed by atoms with Crippen LogP contribution in [-0.4, -0.2) is 63.1 Å². The predicted molar refractivity (Wildman–Crippen MR) is 141 cm³/mol. The molecule has 9 heteroatoms. The van der Waals surface area contributed by atoms with Crippen LogP contribution in [0.4, 0.5) is 9.80 Å². The summed E-state index contributed by atoms with van der Waals surface area (Å²) in [6.07, 6.45) is -0.250. The molecule has 1 spiro atoms. The molecule has 2 aromatic rings. The predicted octanol–water partition coefficient (Wildman–Crippen LogP) is 3.78. The Kier molecular flexibility index (Phi) is 6.45. The SMILES string of the molecule is COc1ccc2c(c1)[C@]1(O[C@@H](CC(=O)N3Cc4ccccc4C[C@H]3CO)[C@H]([Si](C)(C)F)[C@H]1C)C(=O)N2C. The van der Waals surface area contributed by atoms with Crippen molar-refractivity contribution in [2.45, 2.75) is 62.7 Å². The largest absolute Gasteiger partial charge is 0.497 e. The average molecular weight is 527 g/mol. The number of hydrogen-bond acceptors (Lipinski definition) is 5. The van der Waals surface area contributed by atoms with Gasteiger partial charge in [0.1, 0.15) is 5.75 Å². The average Bonchev–Trinajstić information content (AvgIpc) is 3.29. The summed E-state index contributed by atoms with van der Waals surface area (Å²) in [6, 6.07) is 13.0. The number of anilines is 1. The molecule has 0 unspecified atom stereocenters. The molecule has 2 amide bonds. The van der Waals surface area contributed by atoms with E-state index in [0.29, 0.717) is 30.0 Å². The molecule has 37 heavy (non-hydrogen) atoms. The van der Waals surface area contributed by atoms with Gasteiger partial charge in [-0.15, -0.1) is 0 Å². The first-order valence-corrected chi connectivity index (χ1v) is 15.8. The molecule has 1 fully saturated rings. The normalized spacial score (nSPS) is 29.0. The number of rotatable bonds is 5. The van der Waals surface area contributed by atoms with Gasteiger partial charge in [-0.05, 0) is 48.8 Å². The minimum absolute atomic E-state index is 0.0495. The Balaban J connectivity index is 1.50. The smallest absolute Gasteiger partial charge is 0.264 e. The van der Waals surface area contributed by atoms with E-state index in [4.69, 9.17) is 9.47 Å². The molecule has 198 valence electrons. The third-order valence-corrected chi connectivity index (χ3v) is 11.0. The standard InChI is InChI=1S/C28H35FN2O5Si/c1-17-26(37(4,5)29)24(14-25(33)31-15-19-9-7-6-8-18(19)12-20(31)16-32)36-28(17)22-13-21(35-3)10-11-23(22)30(2)27(28)34/h6-11,13,17,20,24,26,32H,12,14-16H2,1-5H3/t17-,20+,24+,26-,28+/m1/s1. The van der Waals surface area contributed by atoms with E-state index in [2.05, 4.69) is 0 Å². The second kappa shape index (κ2) is 9.22. The molecule has 5 atom stereocenters. The van der Waals surface area contributed by atoms with Crippen molar-refractivity contribution in [3.05, 3.63) is 59.2 Å². The summed E-state index contributed by atoms with van der Waals surface area (Å²) in [7, 11) is -0.130. The third kappa shape index (κ3) is 3.99. The molecule has 7 nitrogen and oxygen atoms in total. The van der Waals surface area contributed by atoms with Crippen LogP contribution < -0.4 is 9.64 Å². The number of nitrogens with zero attached hydrogens (tertiary/aromatic N) is 2. The maximum atomic E-state index is 16.0. The fourth-order valence-corrected chi connectivity index (χ4v) is 9.28. The number of carbonyl (C=O) groups is 2. The monoisotopic (exact) mass is 526 g/mol.